The topological polar surface area (TPSA) is 47.3 Å². The van der Waals surface area contributed by atoms with E-state index in [0.717, 1.165) is 30.9 Å². The van der Waals surface area contributed by atoms with Gasteiger partial charge in [-0.05, 0) is 17.5 Å². The van der Waals surface area contributed by atoms with Gasteiger partial charge in [-0.2, -0.15) is 0 Å². The molecule has 1 aromatic carbocycles. The second-order valence-electron chi connectivity index (χ2n) is 3.89. The van der Waals surface area contributed by atoms with Crippen LogP contribution in [0.15, 0.2) is 24.3 Å². The molecule has 3 nitrogen and oxygen atoms in total. The van der Waals surface area contributed by atoms with E-state index in [1.807, 2.05) is 24.3 Å². The molecule has 0 saturated heterocycles. The van der Waals surface area contributed by atoms with Crippen LogP contribution in [-0.2, 0) is 11.3 Å². The molecule has 0 aliphatic carbocycles. The van der Waals surface area contributed by atoms with Crippen molar-refractivity contribution in [1.82, 2.24) is 5.32 Å². The monoisotopic (exact) mass is 208 g/mol. The second-order valence-corrected chi connectivity index (χ2v) is 3.89. The predicted molar refractivity (Wildman–Crippen MR) is 63.6 cm³/mol. The van der Waals surface area contributed by atoms with Crippen molar-refractivity contribution in [3.8, 4) is 0 Å². The van der Waals surface area contributed by atoms with Crippen molar-refractivity contribution in [2.24, 2.45) is 5.92 Å². The van der Waals surface area contributed by atoms with Gasteiger partial charge in [0.1, 0.15) is 0 Å². The molecule has 0 bridgehead atoms. The minimum Gasteiger partial charge on any atom is -0.398 e. The van der Waals surface area contributed by atoms with Crippen molar-refractivity contribution in [2.75, 3.05) is 26.0 Å². The SMILES string of the molecule is COCC(C)CNCc1ccccc1N. The molecule has 3 heteroatoms. The number of ether oxygens (including phenoxy) is 1. The first kappa shape index (κ1) is 12.0. The van der Waals surface area contributed by atoms with Gasteiger partial charge in [-0.3, -0.25) is 0 Å². The molecular weight excluding hydrogens is 188 g/mol. The van der Waals surface area contributed by atoms with Gasteiger partial charge in [0, 0.05) is 32.5 Å². The molecular formula is C12H20N2O. The van der Waals surface area contributed by atoms with E-state index in [2.05, 4.69) is 12.2 Å². The van der Waals surface area contributed by atoms with Gasteiger partial charge >= 0.3 is 0 Å². The van der Waals surface area contributed by atoms with Crippen molar-refractivity contribution in [2.45, 2.75) is 13.5 Å². The Kier molecular flexibility index (Phi) is 5.15. The van der Waals surface area contributed by atoms with Crippen LogP contribution in [0.5, 0.6) is 0 Å². The highest BCUT2D eigenvalue weighted by Gasteiger charge is 2.01. The Morgan fingerprint density at radius 1 is 1.40 bits per heavy atom. The fourth-order valence-corrected chi connectivity index (χ4v) is 1.49. The van der Waals surface area contributed by atoms with E-state index >= 15 is 0 Å². The van der Waals surface area contributed by atoms with Gasteiger partial charge in [-0.15, -0.1) is 0 Å². The summed E-state index contributed by atoms with van der Waals surface area (Å²) >= 11 is 0. The molecule has 0 heterocycles. The lowest BCUT2D eigenvalue weighted by Crippen LogP contribution is -2.23. The largest absolute Gasteiger partial charge is 0.398 e. The highest BCUT2D eigenvalue weighted by Crippen LogP contribution is 2.09. The van der Waals surface area contributed by atoms with E-state index in [4.69, 9.17) is 10.5 Å². The zero-order valence-electron chi connectivity index (χ0n) is 9.49. The third kappa shape index (κ3) is 4.32. The van der Waals surface area contributed by atoms with Gasteiger partial charge < -0.3 is 15.8 Å². The Balaban J connectivity index is 2.29. The van der Waals surface area contributed by atoms with Crippen molar-refractivity contribution >= 4 is 5.69 Å². The van der Waals surface area contributed by atoms with Crippen LogP contribution in [0.3, 0.4) is 0 Å². The number of benzene rings is 1. The molecule has 0 aliphatic heterocycles. The molecule has 1 aromatic rings. The van der Waals surface area contributed by atoms with E-state index in [0.29, 0.717) is 5.92 Å². The average Bonchev–Trinajstić information content (AvgIpc) is 2.21. The van der Waals surface area contributed by atoms with Crippen LogP contribution in [0.1, 0.15) is 12.5 Å². The molecule has 3 N–H and O–H groups in total. The molecule has 1 unspecified atom stereocenters. The minimum absolute atomic E-state index is 0.528. The lowest BCUT2D eigenvalue weighted by Gasteiger charge is -2.12. The first-order valence-corrected chi connectivity index (χ1v) is 5.27. The third-order valence-electron chi connectivity index (χ3n) is 2.31. The Morgan fingerprint density at radius 2 is 2.13 bits per heavy atom. The Labute approximate surface area is 91.6 Å². The number of nitrogens with one attached hydrogen (secondary N) is 1. The zero-order valence-corrected chi connectivity index (χ0v) is 9.49. The first-order valence-electron chi connectivity index (χ1n) is 5.27. The molecule has 1 atom stereocenters. The van der Waals surface area contributed by atoms with E-state index < -0.39 is 0 Å². The normalized spacial score (nSPS) is 12.7. The fourth-order valence-electron chi connectivity index (χ4n) is 1.49. The van der Waals surface area contributed by atoms with Crippen LogP contribution in [0, 0.1) is 5.92 Å². The minimum atomic E-state index is 0.528. The second kappa shape index (κ2) is 6.43. The third-order valence-corrected chi connectivity index (χ3v) is 2.31. The number of rotatable bonds is 6. The van der Waals surface area contributed by atoms with Gasteiger partial charge in [0.05, 0.1) is 0 Å². The summed E-state index contributed by atoms with van der Waals surface area (Å²) in [6.45, 7) is 4.71. The van der Waals surface area contributed by atoms with Gasteiger partial charge in [0.2, 0.25) is 0 Å². The Hall–Kier alpha value is -1.06. The molecule has 0 aliphatic rings. The van der Waals surface area contributed by atoms with Crippen molar-refractivity contribution < 1.29 is 4.74 Å². The molecule has 0 spiro atoms. The number of para-hydroxylation sites is 1. The van der Waals surface area contributed by atoms with E-state index in [1.54, 1.807) is 7.11 Å². The maximum Gasteiger partial charge on any atom is 0.0499 e. The number of hydrogen-bond acceptors (Lipinski definition) is 3. The highest BCUT2D eigenvalue weighted by atomic mass is 16.5. The number of nitrogen functional groups attached to an aromatic ring is 1. The summed E-state index contributed by atoms with van der Waals surface area (Å²) in [5.41, 5.74) is 7.84. The summed E-state index contributed by atoms with van der Waals surface area (Å²) in [4.78, 5) is 0. The fraction of sp³-hybridized carbons (Fsp3) is 0.500. The first-order chi connectivity index (χ1) is 7.24. The summed E-state index contributed by atoms with van der Waals surface area (Å²) in [7, 11) is 1.73. The molecule has 1 rings (SSSR count). The lowest BCUT2D eigenvalue weighted by atomic mass is 10.1. The number of hydrogen-bond donors (Lipinski definition) is 2. The van der Waals surface area contributed by atoms with Crippen molar-refractivity contribution in [3.05, 3.63) is 29.8 Å². The van der Waals surface area contributed by atoms with E-state index in [9.17, 15) is 0 Å². The molecule has 15 heavy (non-hydrogen) atoms. The maximum atomic E-state index is 5.83. The standard InChI is InChI=1S/C12H20N2O/c1-10(9-15-2)7-14-8-11-5-3-4-6-12(11)13/h3-6,10,14H,7-9,13H2,1-2H3. The van der Waals surface area contributed by atoms with Gasteiger partial charge in [-0.1, -0.05) is 25.1 Å². The molecule has 0 saturated carbocycles. The molecule has 0 aromatic heterocycles. The lowest BCUT2D eigenvalue weighted by molar-refractivity contribution is 0.158. The number of methoxy groups -OCH3 is 1. The van der Waals surface area contributed by atoms with E-state index in [1.165, 1.54) is 0 Å². The molecule has 0 amide bonds. The number of nitrogens with two attached hydrogens (primary N) is 1. The Bertz CT molecular complexity index is 289. The van der Waals surface area contributed by atoms with Crippen LogP contribution < -0.4 is 11.1 Å². The summed E-state index contributed by atoms with van der Waals surface area (Å²) in [5.74, 6) is 0.528. The Morgan fingerprint density at radius 3 is 2.80 bits per heavy atom. The quantitative estimate of drug-likeness (QED) is 0.699. The van der Waals surface area contributed by atoms with Crippen LogP contribution in [-0.4, -0.2) is 20.3 Å². The van der Waals surface area contributed by atoms with Gasteiger partial charge in [0.25, 0.3) is 0 Å². The average molecular weight is 208 g/mol. The summed E-state index contributed by atoms with van der Waals surface area (Å²) in [6, 6.07) is 7.93. The molecule has 0 fully saturated rings. The maximum absolute atomic E-state index is 5.83. The van der Waals surface area contributed by atoms with Crippen LogP contribution >= 0.6 is 0 Å². The van der Waals surface area contributed by atoms with Crippen molar-refractivity contribution in [1.29, 1.82) is 0 Å². The summed E-state index contributed by atoms with van der Waals surface area (Å²) in [5, 5.41) is 3.37. The number of anilines is 1. The summed E-state index contributed by atoms with van der Waals surface area (Å²) in [6.07, 6.45) is 0. The smallest absolute Gasteiger partial charge is 0.0499 e. The predicted octanol–water partition coefficient (Wildman–Crippen LogP) is 1.64. The highest BCUT2D eigenvalue weighted by molar-refractivity contribution is 5.46. The van der Waals surface area contributed by atoms with Gasteiger partial charge in [-0.25, -0.2) is 0 Å². The molecule has 0 radical (unpaired) electrons. The summed E-state index contributed by atoms with van der Waals surface area (Å²) < 4.78 is 5.07. The van der Waals surface area contributed by atoms with Crippen LogP contribution in [0.4, 0.5) is 5.69 Å². The van der Waals surface area contributed by atoms with Crippen LogP contribution in [0.2, 0.25) is 0 Å². The van der Waals surface area contributed by atoms with Crippen molar-refractivity contribution in [3.63, 3.8) is 0 Å². The van der Waals surface area contributed by atoms with Gasteiger partial charge in [0.15, 0.2) is 0 Å². The van der Waals surface area contributed by atoms with Crippen LogP contribution in [0.25, 0.3) is 0 Å². The zero-order chi connectivity index (χ0) is 11.1. The van der Waals surface area contributed by atoms with E-state index in [-0.39, 0.29) is 0 Å². The molecule has 84 valence electrons.